The van der Waals surface area contributed by atoms with Gasteiger partial charge < -0.3 is 5.32 Å². The number of hydrogen-bond donors (Lipinski definition) is 1. The molecule has 1 atom stereocenters. The summed E-state index contributed by atoms with van der Waals surface area (Å²) in [5, 5.41) is 13.5. The maximum absolute atomic E-state index is 11.9. The summed E-state index contributed by atoms with van der Waals surface area (Å²) < 4.78 is 0. The maximum Gasteiger partial charge on any atom is 0.282 e. The number of halogens is 1. The van der Waals surface area contributed by atoms with Crippen LogP contribution in [0.3, 0.4) is 0 Å². The van der Waals surface area contributed by atoms with Gasteiger partial charge in [0.1, 0.15) is 5.56 Å². The fourth-order valence-corrected chi connectivity index (χ4v) is 1.58. The van der Waals surface area contributed by atoms with Gasteiger partial charge in [-0.2, -0.15) is 0 Å². The third-order valence-electron chi connectivity index (χ3n) is 2.22. The van der Waals surface area contributed by atoms with Gasteiger partial charge in [-0.25, -0.2) is 0 Å². The molecule has 1 unspecified atom stereocenters. The number of carbonyl (C=O) groups excluding carboxylic acids is 1. The van der Waals surface area contributed by atoms with Gasteiger partial charge in [0.05, 0.1) is 4.92 Å². The molecule has 1 amide bonds. The van der Waals surface area contributed by atoms with Crippen molar-refractivity contribution in [3.8, 4) is 0 Å². The minimum absolute atomic E-state index is 0.120. The Kier molecular flexibility index (Phi) is 4.62. The first-order valence-corrected chi connectivity index (χ1v) is 6.01. The second-order valence-electron chi connectivity index (χ2n) is 3.72. The third kappa shape index (κ3) is 3.52. The fraction of sp³-hybridized carbons (Fsp3) is 0.364. The zero-order chi connectivity index (χ0) is 13.0. The van der Waals surface area contributed by atoms with Crippen molar-refractivity contribution >= 4 is 27.5 Å². The topological polar surface area (TPSA) is 72.2 Å². The summed E-state index contributed by atoms with van der Waals surface area (Å²) in [7, 11) is 0. The van der Waals surface area contributed by atoms with Gasteiger partial charge >= 0.3 is 0 Å². The largest absolute Gasteiger partial charge is 0.351 e. The van der Waals surface area contributed by atoms with Gasteiger partial charge in [0.2, 0.25) is 0 Å². The number of hydrogen-bond acceptors (Lipinski definition) is 3. The number of aryl methyl sites for hydroxylation is 1. The van der Waals surface area contributed by atoms with E-state index in [1.54, 1.807) is 19.1 Å². The lowest BCUT2D eigenvalue weighted by atomic mass is 10.1. The molecule has 0 fully saturated rings. The Balaban J connectivity index is 3.03. The SMILES string of the molecule is Cc1cccc([N+](=O)[O-])c1C(=O)NCC(C)Br. The smallest absolute Gasteiger partial charge is 0.282 e. The number of nitro benzene ring substituents is 1. The summed E-state index contributed by atoms with van der Waals surface area (Å²) in [6.07, 6.45) is 0. The lowest BCUT2D eigenvalue weighted by Crippen LogP contribution is -2.29. The molecule has 0 bridgehead atoms. The molecule has 0 aromatic heterocycles. The van der Waals surface area contributed by atoms with E-state index in [-0.39, 0.29) is 16.1 Å². The minimum Gasteiger partial charge on any atom is -0.351 e. The zero-order valence-corrected chi connectivity index (χ0v) is 11.2. The molecule has 0 aliphatic rings. The van der Waals surface area contributed by atoms with E-state index in [0.717, 1.165) is 0 Å². The number of benzene rings is 1. The van der Waals surface area contributed by atoms with Crippen LogP contribution >= 0.6 is 15.9 Å². The molecule has 0 saturated heterocycles. The van der Waals surface area contributed by atoms with E-state index in [0.29, 0.717) is 12.1 Å². The monoisotopic (exact) mass is 300 g/mol. The van der Waals surface area contributed by atoms with Gasteiger partial charge in [-0.1, -0.05) is 35.0 Å². The van der Waals surface area contributed by atoms with Crippen molar-refractivity contribution in [1.29, 1.82) is 0 Å². The van der Waals surface area contributed by atoms with E-state index < -0.39 is 10.8 Å². The van der Waals surface area contributed by atoms with Crippen molar-refractivity contribution < 1.29 is 9.72 Å². The van der Waals surface area contributed by atoms with Gasteiger partial charge in [-0.15, -0.1) is 0 Å². The maximum atomic E-state index is 11.9. The van der Waals surface area contributed by atoms with Crippen molar-refractivity contribution in [3.63, 3.8) is 0 Å². The molecule has 0 heterocycles. The first-order valence-electron chi connectivity index (χ1n) is 5.09. The predicted octanol–water partition coefficient (Wildman–Crippen LogP) is 2.42. The van der Waals surface area contributed by atoms with E-state index in [1.165, 1.54) is 6.07 Å². The molecule has 1 aromatic carbocycles. The van der Waals surface area contributed by atoms with Gasteiger partial charge in [0.25, 0.3) is 11.6 Å². The molecule has 0 radical (unpaired) electrons. The van der Waals surface area contributed by atoms with Gasteiger partial charge in [-0.05, 0) is 12.5 Å². The highest BCUT2D eigenvalue weighted by Gasteiger charge is 2.21. The Morgan fingerprint density at radius 3 is 2.76 bits per heavy atom. The van der Waals surface area contributed by atoms with Crippen molar-refractivity contribution in [2.45, 2.75) is 18.7 Å². The second kappa shape index (κ2) is 5.77. The predicted molar refractivity (Wildman–Crippen MR) is 68.6 cm³/mol. The van der Waals surface area contributed by atoms with Crippen LogP contribution in [-0.2, 0) is 0 Å². The number of carbonyl (C=O) groups is 1. The van der Waals surface area contributed by atoms with E-state index in [4.69, 9.17) is 0 Å². The second-order valence-corrected chi connectivity index (χ2v) is 5.28. The third-order valence-corrected chi connectivity index (χ3v) is 2.54. The highest BCUT2D eigenvalue weighted by molar-refractivity contribution is 9.09. The number of alkyl halides is 1. The summed E-state index contributed by atoms with van der Waals surface area (Å²) in [5.41, 5.74) is 0.564. The summed E-state index contributed by atoms with van der Waals surface area (Å²) in [6.45, 7) is 3.98. The minimum atomic E-state index is -0.542. The van der Waals surface area contributed by atoms with Crippen molar-refractivity contribution in [2.24, 2.45) is 0 Å². The van der Waals surface area contributed by atoms with Crippen molar-refractivity contribution in [1.82, 2.24) is 5.32 Å². The van der Waals surface area contributed by atoms with Crippen LogP contribution < -0.4 is 5.32 Å². The van der Waals surface area contributed by atoms with Crippen molar-refractivity contribution in [3.05, 3.63) is 39.4 Å². The van der Waals surface area contributed by atoms with E-state index in [1.807, 2.05) is 6.92 Å². The van der Waals surface area contributed by atoms with Crippen LogP contribution in [0, 0.1) is 17.0 Å². The molecular weight excluding hydrogens is 288 g/mol. The Labute approximate surface area is 107 Å². The molecule has 0 aliphatic carbocycles. The zero-order valence-electron chi connectivity index (χ0n) is 9.57. The van der Waals surface area contributed by atoms with Crippen LogP contribution in [0.25, 0.3) is 0 Å². The van der Waals surface area contributed by atoms with Crippen LogP contribution in [0.2, 0.25) is 0 Å². The molecule has 0 saturated carbocycles. The molecular formula is C11H13BrN2O3. The Hall–Kier alpha value is -1.43. The molecule has 0 spiro atoms. The molecule has 1 N–H and O–H groups in total. The first kappa shape index (κ1) is 13.6. The molecule has 1 aromatic rings. The summed E-state index contributed by atoms with van der Waals surface area (Å²) >= 11 is 3.29. The molecule has 92 valence electrons. The van der Waals surface area contributed by atoms with Crippen LogP contribution in [0.5, 0.6) is 0 Å². The normalized spacial score (nSPS) is 11.9. The van der Waals surface area contributed by atoms with Crippen molar-refractivity contribution in [2.75, 3.05) is 6.54 Å². The van der Waals surface area contributed by atoms with Crippen LogP contribution in [0.1, 0.15) is 22.8 Å². The Morgan fingerprint density at radius 2 is 2.24 bits per heavy atom. The number of nitro groups is 1. The van der Waals surface area contributed by atoms with E-state index in [2.05, 4.69) is 21.2 Å². The average Bonchev–Trinajstić information content (AvgIpc) is 2.25. The van der Waals surface area contributed by atoms with E-state index in [9.17, 15) is 14.9 Å². The lowest BCUT2D eigenvalue weighted by molar-refractivity contribution is -0.385. The number of nitrogens with zero attached hydrogens (tertiary/aromatic N) is 1. The Morgan fingerprint density at radius 1 is 1.59 bits per heavy atom. The van der Waals surface area contributed by atoms with Gasteiger partial charge in [-0.3, -0.25) is 14.9 Å². The van der Waals surface area contributed by atoms with Crippen LogP contribution in [0.15, 0.2) is 18.2 Å². The average molecular weight is 301 g/mol. The molecule has 5 nitrogen and oxygen atoms in total. The lowest BCUT2D eigenvalue weighted by Gasteiger charge is -2.09. The van der Waals surface area contributed by atoms with Crippen LogP contribution in [-0.4, -0.2) is 22.2 Å². The number of rotatable bonds is 4. The number of amides is 1. The van der Waals surface area contributed by atoms with Gasteiger partial charge in [0.15, 0.2) is 0 Å². The highest BCUT2D eigenvalue weighted by atomic mass is 79.9. The summed E-state index contributed by atoms with van der Waals surface area (Å²) in [4.78, 5) is 22.3. The summed E-state index contributed by atoms with van der Waals surface area (Å²) in [6, 6.07) is 4.58. The highest BCUT2D eigenvalue weighted by Crippen LogP contribution is 2.21. The molecule has 17 heavy (non-hydrogen) atoms. The Bertz CT molecular complexity index is 446. The standard InChI is InChI=1S/C11H13BrN2O3/c1-7-4-3-5-9(14(16)17)10(7)11(15)13-6-8(2)12/h3-5,8H,6H2,1-2H3,(H,13,15). The number of nitrogens with one attached hydrogen (secondary N) is 1. The van der Waals surface area contributed by atoms with E-state index >= 15 is 0 Å². The molecule has 1 rings (SSSR count). The summed E-state index contributed by atoms with van der Waals surface area (Å²) in [5.74, 6) is -0.416. The first-order chi connectivity index (χ1) is 7.93. The molecule has 6 heteroatoms. The quantitative estimate of drug-likeness (QED) is 0.527. The molecule has 0 aliphatic heterocycles. The van der Waals surface area contributed by atoms with Crippen LogP contribution in [0.4, 0.5) is 5.69 Å². The van der Waals surface area contributed by atoms with Gasteiger partial charge in [0, 0.05) is 17.4 Å². The fourth-order valence-electron chi connectivity index (χ4n) is 1.42.